The van der Waals surface area contributed by atoms with Crippen molar-refractivity contribution in [2.45, 2.75) is 6.92 Å². The van der Waals surface area contributed by atoms with Gasteiger partial charge in [0.05, 0.1) is 6.61 Å². The van der Waals surface area contributed by atoms with Gasteiger partial charge in [0, 0.05) is 22.9 Å². The van der Waals surface area contributed by atoms with Gasteiger partial charge in [0.2, 0.25) is 0 Å². The standard InChI is InChI=1S/C17H18ClNO3/c1-2-21-9-10-22-16-8-3-5-13(11-16)17(20)19-15-7-4-6-14(18)12-15/h3-8,11-12H,2,9-10H2,1H3,(H,19,20). The molecule has 2 rings (SSSR count). The summed E-state index contributed by atoms with van der Waals surface area (Å²) in [6, 6.07) is 14.0. The molecule has 0 atom stereocenters. The lowest BCUT2D eigenvalue weighted by molar-refractivity contribution is 0.102. The van der Waals surface area contributed by atoms with Crippen molar-refractivity contribution in [2.75, 3.05) is 25.1 Å². The molecule has 0 aliphatic heterocycles. The third-order valence-corrected chi connectivity index (χ3v) is 3.11. The zero-order chi connectivity index (χ0) is 15.8. The lowest BCUT2D eigenvalue weighted by atomic mass is 10.2. The lowest BCUT2D eigenvalue weighted by Gasteiger charge is -2.09. The number of nitrogens with one attached hydrogen (secondary N) is 1. The maximum absolute atomic E-state index is 12.2. The number of ether oxygens (including phenoxy) is 2. The van der Waals surface area contributed by atoms with E-state index in [9.17, 15) is 4.79 Å². The van der Waals surface area contributed by atoms with Crippen molar-refractivity contribution in [1.29, 1.82) is 0 Å². The SMILES string of the molecule is CCOCCOc1cccc(C(=O)Nc2cccc(Cl)c2)c1. The molecule has 0 aliphatic carbocycles. The number of benzene rings is 2. The first-order chi connectivity index (χ1) is 10.7. The fourth-order valence-corrected chi connectivity index (χ4v) is 2.05. The number of halogens is 1. The van der Waals surface area contributed by atoms with Crippen molar-refractivity contribution in [2.24, 2.45) is 0 Å². The second-order valence-corrected chi connectivity index (χ2v) is 4.97. The largest absolute Gasteiger partial charge is 0.491 e. The minimum absolute atomic E-state index is 0.211. The fraction of sp³-hybridized carbons (Fsp3) is 0.235. The number of amides is 1. The summed E-state index contributed by atoms with van der Waals surface area (Å²) in [7, 11) is 0. The van der Waals surface area contributed by atoms with Gasteiger partial charge in [-0.05, 0) is 43.3 Å². The van der Waals surface area contributed by atoms with E-state index in [1.54, 1.807) is 42.5 Å². The summed E-state index contributed by atoms with van der Waals surface area (Å²) < 4.78 is 10.7. The highest BCUT2D eigenvalue weighted by atomic mass is 35.5. The molecule has 1 amide bonds. The fourth-order valence-electron chi connectivity index (χ4n) is 1.86. The van der Waals surface area contributed by atoms with Crippen molar-refractivity contribution < 1.29 is 14.3 Å². The quantitative estimate of drug-likeness (QED) is 0.784. The Balaban J connectivity index is 1.97. The van der Waals surface area contributed by atoms with Gasteiger partial charge in [0.1, 0.15) is 12.4 Å². The first-order valence-corrected chi connectivity index (χ1v) is 7.44. The molecule has 2 aromatic carbocycles. The van der Waals surface area contributed by atoms with E-state index < -0.39 is 0 Å². The maximum atomic E-state index is 12.2. The molecule has 0 unspecified atom stereocenters. The lowest BCUT2D eigenvalue weighted by Crippen LogP contribution is -2.12. The van der Waals surface area contributed by atoms with Crippen molar-refractivity contribution in [1.82, 2.24) is 0 Å². The molecule has 0 saturated heterocycles. The Hall–Kier alpha value is -2.04. The number of hydrogen-bond acceptors (Lipinski definition) is 3. The second-order valence-electron chi connectivity index (χ2n) is 4.54. The van der Waals surface area contributed by atoms with Crippen LogP contribution in [-0.2, 0) is 4.74 Å². The third kappa shape index (κ3) is 5.06. The molecule has 2 aromatic rings. The Labute approximate surface area is 135 Å². The van der Waals surface area contributed by atoms with Crippen LogP contribution >= 0.6 is 11.6 Å². The summed E-state index contributed by atoms with van der Waals surface area (Å²) in [4.78, 5) is 12.2. The van der Waals surface area contributed by atoms with Gasteiger partial charge >= 0.3 is 0 Å². The highest BCUT2D eigenvalue weighted by Crippen LogP contribution is 2.18. The Bertz CT molecular complexity index is 631. The van der Waals surface area contributed by atoms with Gasteiger partial charge in [-0.3, -0.25) is 4.79 Å². The van der Waals surface area contributed by atoms with E-state index in [2.05, 4.69) is 5.32 Å². The summed E-state index contributed by atoms with van der Waals surface area (Å²) in [6.07, 6.45) is 0. The van der Waals surface area contributed by atoms with Crippen LogP contribution in [0.25, 0.3) is 0 Å². The zero-order valence-corrected chi connectivity index (χ0v) is 13.1. The van der Waals surface area contributed by atoms with E-state index >= 15 is 0 Å². The van der Waals surface area contributed by atoms with Gasteiger partial charge < -0.3 is 14.8 Å². The molecule has 22 heavy (non-hydrogen) atoms. The maximum Gasteiger partial charge on any atom is 0.255 e. The summed E-state index contributed by atoms with van der Waals surface area (Å²) in [5.41, 5.74) is 1.18. The summed E-state index contributed by atoms with van der Waals surface area (Å²) in [5, 5.41) is 3.37. The average Bonchev–Trinajstić information content (AvgIpc) is 2.52. The van der Waals surface area contributed by atoms with Crippen LogP contribution in [0.15, 0.2) is 48.5 Å². The summed E-state index contributed by atoms with van der Waals surface area (Å²) >= 11 is 5.90. The monoisotopic (exact) mass is 319 g/mol. The second kappa shape index (κ2) is 8.41. The Morgan fingerprint density at radius 1 is 1.14 bits per heavy atom. The number of rotatable bonds is 7. The predicted molar refractivity (Wildman–Crippen MR) is 87.8 cm³/mol. The van der Waals surface area contributed by atoms with E-state index in [4.69, 9.17) is 21.1 Å². The molecule has 5 heteroatoms. The molecule has 0 aliphatic rings. The van der Waals surface area contributed by atoms with Crippen LogP contribution < -0.4 is 10.1 Å². The molecule has 0 radical (unpaired) electrons. The van der Waals surface area contributed by atoms with Crippen LogP contribution in [0.2, 0.25) is 5.02 Å². The number of carbonyl (C=O) groups excluding carboxylic acids is 1. The minimum atomic E-state index is -0.211. The van der Waals surface area contributed by atoms with Crippen LogP contribution in [0.3, 0.4) is 0 Å². The minimum Gasteiger partial charge on any atom is -0.491 e. The Morgan fingerprint density at radius 2 is 1.95 bits per heavy atom. The first kappa shape index (κ1) is 16.3. The van der Waals surface area contributed by atoms with Gasteiger partial charge in [0.15, 0.2) is 0 Å². The highest BCUT2D eigenvalue weighted by Gasteiger charge is 2.07. The molecular weight excluding hydrogens is 302 g/mol. The van der Waals surface area contributed by atoms with Crippen LogP contribution in [0, 0.1) is 0 Å². The van der Waals surface area contributed by atoms with E-state index in [-0.39, 0.29) is 5.91 Å². The molecule has 116 valence electrons. The van der Waals surface area contributed by atoms with Crippen LogP contribution in [0.4, 0.5) is 5.69 Å². The normalized spacial score (nSPS) is 10.3. The highest BCUT2D eigenvalue weighted by molar-refractivity contribution is 6.30. The molecule has 0 aromatic heterocycles. The van der Waals surface area contributed by atoms with Crippen molar-refractivity contribution in [3.05, 3.63) is 59.1 Å². The first-order valence-electron chi connectivity index (χ1n) is 7.06. The molecule has 0 spiro atoms. The Kier molecular flexibility index (Phi) is 6.25. The smallest absolute Gasteiger partial charge is 0.255 e. The summed E-state index contributed by atoms with van der Waals surface area (Å²) in [5.74, 6) is 0.427. The van der Waals surface area contributed by atoms with Crippen LogP contribution in [0.5, 0.6) is 5.75 Å². The average molecular weight is 320 g/mol. The van der Waals surface area contributed by atoms with Gasteiger partial charge in [-0.25, -0.2) is 0 Å². The topological polar surface area (TPSA) is 47.6 Å². The molecule has 4 nitrogen and oxygen atoms in total. The number of carbonyl (C=O) groups is 1. The summed E-state index contributed by atoms with van der Waals surface area (Å²) in [6.45, 7) is 3.56. The molecule has 0 fully saturated rings. The van der Waals surface area contributed by atoms with Crippen LogP contribution in [0.1, 0.15) is 17.3 Å². The Morgan fingerprint density at radius 3 is 2.73 bits per heavy atom. The van der Waals surface area contributed by atoms with Gasteiger partial charge in [-0.15, -0.1) is 0 Å². The van der Waals surface area contributed by atoms with E-state index in [1.165, 1.54) is 0 Å². The third-order valence-electron chi connectivity index (χ3n) is 2.88. The van der Waals surface area contributed by atoms with E-state index in [0.717, 1.165) is 0 Å². The zero-order valence-electron chi connectivity index (χ0n) is 12.3. The van der Waals surface area contributed by atoms with Crippen molar-refractivity contribution in [3.8, 4) is 5.75 Å². The molecule has 0 saturated carbocycles. The molecule has 0 heterocycles. The molecule has 1 N–H and O–H groups in total. The van der Waals surface area contributed by atoms with Gasteiger partial charge in [-0.2, -0.15) is 0 Å². The van der Waals surface area contributed by atoms with Crippen LogP contribution in [-0.4, -0.2) is 25.7 Å². The van der Waals surface area contributed by atoms with E-state index in [0.29, 0.717) is 41.8 Å². The predicted octanol–water partition coefficient (Wildman–Crippen LogP) is 4.01. The van der Waals surface area contributed by atoms with Gasteiger partial charge in [0.25, 0.3) is 5.91 Å². The number of anilines is 1. The number of hydrogen-bond donors (Lipinski definition) is 1. The molecular formula is C17H18ClNO3. The van der Waals surface area contributed by atoms with Gasteiger partial charge in [-0.1, -0.05) is 23.7 Å². The molecule has 0 bridgehead atoms. The van der Waals surface area contributed by atoms with Crippen molar-refractivity contribution >= 4 is 23.2 Å². The van der Waals surface area contributed by atoms with E-state index in [1.807, 2.05) is 13.0 Å². The van der Waals surface area contributed by atoms with Crippen molar-refractivity contribution in [3.63, 3.8) is 0 Å².